The predicted molar refractivity (Wildman–Crippen MR) is 134 cm³/mol. The summed E-state index contributed by atoms with van der Waals surface area (Å²) in [4.78, 5) is 36.1. The van der Waals surface area contributed by atoms with E-state index in [0.717, 1.165) is 12.0 Å². The summed E-state index contributed by atoms with van der Waals surface area (Å²) in [6.07, 6.45) is 0.704. The highest BCUT2D eigenvalue weighted by atomic mass is 32.1. The highest BCUT2D eigenvalue weighted by Crippen LogP contribution is 2.23. The topological polar surface area (TPSA) is 96.5 Å². The van der Waals surface area contributed by atoms with Crippen LogP contribution in [0.5, 0.6) is 0 Å². The van der Waals surface area contributed by atoms with E-state index in [1.165, 1.54) is 0 Å². The molecule has 0 saturated heterocycles. The van der Waals surface area contributed by atoms with Crippen molar-refractivity contribution < 1.29 is 19.1 Å². The second-order valence-corrected chi connectivity index (χ2v) is 8.99. The first-order valence-electron chi connectivity index (χ1n) is 10.9. The number of hydrogen-bond acceptors (Lipinski definition) is 5. The first-order valence-corrected chi connectivity index (χ1v) is 11.3. The number of nitrogens with one attached hydrogen (secondary N) is 3. The zero-order chi connectivity index (χ0) is 24.4. The molecule has 176 valence electrons. The van der Waals surface area contributed by atoms with Gasteiger partial charge in [0.1, 0.15) is 0 Å². The Balaban J connectivity index is 1.88. The van der Waals surface area contributed by atoms with Gasteiger partial charge in [-0.2, -0.15) is 0 Å². The number of rotatable bonds is 8. The molecule has 8 heteroatoms. The Morgan fingerprint density at radius 3 is 2.18 bits per heavy atom. The van der Waals surface area contributed by atoms with E-state index in [0.29, 0.717) is 23.5 Å². The van der Waals surface area contributed by atoms with E-state index in [2.05, 4.69) is 36.7 Å². The van der Waals surface area contributed by atoms with Crippen molar-refractivity contribution in [2.24, 2.45) is 0 Å². The molecule has 0 aliphatic rings. The third-order valence-electron chi connectivity index (χ3n) is 4.67. The molecule has 0 atom stereocenters. The molecular weight excluding hydrogens is 438 g/mol. The quantitative estimate of drug-likeness (QED) is 0.380. The number of amides is 2. The van der Waals surface area contributed by atoms with Gasteiger partial charge < -0.3 is 20.7 Å². The zero-order valence-corrected chi connectivity index (χ0v) is 20.3. The van der Waals surface area contributed by atoms with Gasteiger partial charge in [-0.25, -0.2) is 0 Å². The molecule has 0 radical (unpaired) electrons. The second-order valence-electron chi connectivity index (χ2n) is 8.59. The standard InChI is InChI=1S/C25H31N3O4S/c1-5-15-32-22(30)14-13-21(29)28-24(33)27-20-8-6-7-19(16-20)26-23(31)17-9-11-18(12-10-17)25(2,3)4/h6-12,16H,5,13-15H2,1-4H3,(H,26,31)(H2,27,28,29,33). The maximum Gasteiger partial charge on any atom is 0.306 e. The minimum Gasteiger partial charge on any atom is -0.466 e. The van der Waals surface area contributed by atoms with E-state index in [-0.39, 0.29) is 35.2 Å². The molecule has 0 bridgehead atoms. The normalized spacial score (nSPS) is 10.8. The van der Waals surface area contributed by atoms with Crippen LogP contribution >= 0.6 is 12.2 Å². The van der Waals surface area contributed by atoms with Gasteiger partial charge in [-0.05, 0) is 59.9 Å². The summed E-state index contributed by atoms with van der Waals surface area (Å²) in [7, 11) is 0. The van der Waals surface area contributed by atoms with Crippen LogP contribution in [-0.2, 0) is 19.7 Å². The number of thiocarbonyl (C=S) groups is 1. The Hall–Kier alpha value is -3.26. The molecule has 3 N–H and O–H groups in total. The monoisotopic (exact) mass is 469 g/mol. The van der Waals surface area contributed by atoms with E-state index in [1.54, 1.807) is 36.4 Å². The molecule has 2 amide bonds. The molecular formula is C25H31N3O4S. The Morgan fingerprint density at radius 1 is 0.939 bits per heavy atom. The van der Waals surface area contributed by atoms with Crippen LogP contribution < -0.4 is 16.0 Å². The summed E-state index contributed by atoms with van der Waals surface area (Å²) >= 11 is 5.17. The van der Waals surface area contributed by atoms with Gasteiger partial charge in [-0.15, -0.1) is 0 Å². The van der Waals surface area contributed by atoms with Crippen molar-refractivity contribution in [3.63, 3.8) is 0 Å². The molecule has 0 aliphatic carbocycles. The fraction of sp³-hybridized carbons (Fsp3) is 0.360. The Labute approximate surface area is 200 Å². The van der Waals surface area contributed by atoms with Crippen molar-refractivity contribution in [3.05, 3.63) is 59.7 Å². The summed E-state index contributed by atoms with van der Waals surface area (Å²) in [6.45, 7) is 8.60. The molecule has 7 nitrogen and oxygen atoms in total. The highest BCUT2D eigenvalue weighted by molar-refractivity contribution is 7.80. The summed E-state index contributed by atoms with van der Waals surface area (Å²) in [5.74, 6) is -1.02. The van der Waals surface area contributed by atoms with E-state index < -0.39 is 5.97 Å². The smallest absolute Gasteiger partial charge is 0.306 e. The third kappa shape index (κ3) is 9.02. The molecule has 0 heterocycles. The van der Waals surface area contributed by atoms with Gasteiger partial charge in [0.25, 0.3) is 5.91 Å². The Bertz CT molecular complexity index is 997. The number of benzene rings is 2. The van der Waals surface area contributed by atoms with Gasteiger partial charge in [0.15, 0.2) is 5.11 Å². The SMILES string of the molecule is CCCOC(=O)CCC(=O)NC(=S)Nc1cccc(NC(=O)c2ccc(C(C)(C)C)cc2)c1. The van der Waals surface area contributed by atoms with Crippen LogP contribution in [0.3, 0.4) is 0 Å². The van der Waals surface area contributed by atoms with Crippen molar-refractivity contribution in [2.45, 2.75) is 52.4 Å². The average Bonchev–Trinajstić information content (AvgIpc) is 2.75. The summed E-state index contributed by atoms with van der Waals surface area (Å²) in [6, 6.07) is 14.5. The number of hydrogen-bond donors (Lipinski definition) is 3. The first-order chi connectivity index (χ1) is 15.6. The van der Waals surface area contributed by atoms with Crippen LogP contribution in [0.4, 0.5) is 11.4 Å². The number of esters is 1. The number of carbonyl (C=O) groups is 3. The Morgan fingerprint density at radius 2 is 1.58 bits per heavy atom. The van der Waals surface area contributed by atoms with Gasteiger partial charge >= 0.3 is 5.97 Å². The van der Waals surface area contributed by atoms with Crippen LogP contribution in [0, 0.1) is 0 Å². The van der Waals surface area contributed by atoms with Crippen molar-refractivity contribution in [1.29, 1.82) is 0 Å². The lowest BCUT2D eigenvalue weighted by molar-refractivity contribution is -0.144. The van der Waals surface area contributed by atoms with Gasteiger partial charge in [-0.1, -0.05) is 45.9 Å². The van der Waals surface area contributed by atoms with Crippen LogP contribution in [0.2, 0.25) is 0 Å². The molecule has 2 aromatic carbocycles. The first kappa shape index (κ1) is 26.0. The number of carbonyl (C=O) groups excluding carboxylic acids is 3. The lowest BCUT2D eigenvalue weighted by Crippen LogP contribution is -2.34. The van der Waals surface area contributed by atoms with E-state index >= 15 is 0 Å². The summed E-state index contributed by atoms with van der Waals surface area (Å²) in [5, 5.41) is 8.39. The Kier molecular flexibility index (Phi) is 9.54. The highest BCUT2D eigenvalue weighted by Gasteiger charge is 2.15. The molecule has 0 saturated carbocycles. The minimum absolute atomic E-state index is 0.00725. The third-order valence-corrected chi connectivity index (χ3v) is 4.87. The van der Waals surface area contributed by atoms with Crippen molar-refractivity contribution in [1.82, 2.24) is 5.32 Å². The van der Waals surface area contributed by atoms with Gasteiger partial charge in [0.2, 0.25) is 5.91 Å². The van der Waals surface area contributed by atoms with Crippen LogP contribution in [-0.4, -0.2) is 29.5 Å². The molecule has 0 aliphatic heterocycles. The maximum atomic E-state index is 12.6. The van der Waals surface area contributed by atoms with Crippen molar-refractivity contribution in [2.75, 3.05) is 17.2 Å². The largest absolute Gasteiger partial charge is 0.466 e. The predicted octanol–water partition coefficient (Wildman–Crippen LogP) is 4.78. The average molecular weight is 470 g/mol. The fourth-order valence-corrected chi connectivity index (χ4v) is 3.09. The molecule has 0 fully saturated rings. The second kappa shape index (κ2) is 12.1. The van der Waals surface area contributed by atoms with Crippen molar-refractivity contribution in [3.8, 4) is 0 Å². The van der Waals surface area contributed by atoms with Crippen LogP contribution in [0.1, 0.15) is 62.9 Å². The van der Waals surface area contributed by atoms with Gasteiger partial charge in [0.05, 0.1) is 13.0 Å². The number of anilines is 2. The van der Waals surface area contributed by atoms with Gasteiger partial charge in [0, 0.05) is 23.4 Å². The van der Waals surface area contributed by atoms with E-state index in [4.69, 9.17) is 17.0 Å². The van der Waals surface area contributed by atoms with Crippen molar-refractivity contribution >= 4 is 46.5 Å². The molecule has 2 aromatic rings. The number of ether oxygens (including phenoxy) is 1. The zero-order valence-electron chi connectivity index (χ0n) is 19.5. The van der Waals surface area contributed by atoms with Crippen LogP contribution in [0.15, 0.2) is 48.5 Å². The summed E-state index contributed by atoms with van der Waals surface area (Å²) in [5.41, 5.74) is 2.91. The molecule has 0 spiro atoms. The molecule has 33 heavy (non-hydrogen) atoms. The van der Waals surface area contributed by atoms with Gasteiger partial charge in [-0.3, -0.25) is 14.4 Å². The van der Waals surface area contributed by atoms with Crippen LogP contribution in [0.25, 0.3) is 0 Å². The fourth-order valence-electron chi connectivity index (χ4n) is 2.85. The van der Waals surface area contributed by atoms with E-state index in [1.807, 2.05) is 19.1 Å². The van der Waals surface area contributed by atoms with E-state index in [9.17, 15) is 14.4 Å². The lowest BCUT2D eigenvalue weighted by atomic mass is 9.87. The lowest BCUT2D eigenvalue weighted by Gasteiger charge is -2.19. The minimum atomic E-state index is -0.414. The maximum absolute atomic E-state index is 12.6. The molecule has 0 aromatic heterocycles. The molecule has 0 unspecified atom stereocenters. The summed E-state index contributed by atoms with van der Waals surface area (Å²) < 4.78 is 4.94. The molecule has 2 rings (SSSR count).